The van der Waals surface area contributed by atoms with Crippen molar-refractivity contribution in [3.63, 3.8) is 0 Å². The molecule has 0 aliphatic heterocycles. The van der Waals surface area contributed by atoms with E-state index in [0.717, 1.165) is 11.1 Å². The van der Waals surface area contributed by atoms with Crippen molar-refractivity contribution >= 4 is 17.7 Å². The maximum absolute atomic E-state index is 13.3. The minimum atomic E-state index is -4.97. The first-order chi connectivity index (χ1) is 17.4. The number of aromatic amines is 1. The van der Waals surface area contributed by atoms with E-state index in [1.54, 1.807) is 39.0 Å². The summed E-state index contributed by atoms with van der Waals surface area (Å²) in [7, 11) is 0. The molecule has 5 nitrogen and oxygen atoms in total. The number of carbonyl (C=O) groups is 1. The van der Waals surface area contributed by atoms with E-state index in [4.69, 9.17) is 16.3 Å². The van der Waals surface area contributed by atoms with Crippen molar-refractivity contribution in [3.8, 4) is 0 Å². The molecule has 0 fully saturated rings. The van der Waals surface area contributed by atoms with Gasteiger partial charge < -0.3 is 10.1 Å². The molecule has 12 heteroatoms. The van der Waals surface area contributed by atoms with Gasteiger partial charge in [0.1, 0.15) is 5.60 Å². The van der Waals surface area contributed by atoms with Gasteiger partial charge in [0.15, 0.2) is 0 Å². The molecule has 2 N–H and O–H groups in total. The monoisotopic (exact) mass is 561 g/mol. The molecule has 0 radical (unpaired) electrons. The summed E-state index contributed by atoms with van der Waals surface area (Å²) in [5.74, 6) is 0. The summed E-state index contributed by atoms with van der Waals surface area (Å²) in [6.07, 6.45) is -9.53. The zero-order valence-corrected chi connectivity index (χ0v) is 21.7. The van der Waals surface area contributed by atoms with Gasteiger partial charge in [0.2, 0.25) is 0 Å². The van der Waals surface area contributed by atoms with Crippen LogP contribution in [0.1, 0.15) is 65.9 Å². The Balaban J connectivity index is 2.00. The first-order valence-corrected chi connectivity index (χ1v) is 11.9. The minimum Gasteiger partial charge on any atom is -0.444 e. The number of aryl methyl sites for hydroxylation is 1. The molecule has 0 bridgehead atoms. The quantitative estimate of drug-likeness (QED) is 0.302. The van der Waals surface area contributed by atoms with Crippen LogP contribution in [-0.4, -0.2) is 21.9 Å². The number of hydrogen-bond acceptors (Lipinski definition) is 3. The van der Waals surface area contributed by atoms with E-state index in [1.807, 2.05) is 6.92 Å². The van der Waals surface area contributed by atoms with Crippen LogP contribution in [0.25, 0.3) is 0 Å². The number of H-pyrrole nitrogens is 1. The number of ether oxygens (including phenoxy) is 1. The molecule has 0 aliphatic rings. The van der Waals surface area contributed by atoms with Gasteiger partial charge in [-0.2, -0.15) is 31.4 Å². The lowest BCUT2D eigenvalue weighted by molar-refractivity contribution is -0.143. The van der Waals surface area contributed by atoms with Crippen molar-refractivity contribution in [3.05, 3.63) is 86.7 Å². The number of nitrogens with zero attached hydrogens (tertiary/aromatic N) is 1. The van der Waals surface area contributed by atoms with Gasteiger partial charge in [-0.3, -0.25) is 5.10 Å². The topological polar surface area (TPSA) is 67.0 Å². The maximum Gasteiger partial charge on any atom is 0.416 e. The Bertz CT molecular complexity index is 1260. The third kappa shape index (κ3) is 7.89. The maximum atomic E-state index is 13.3. The lowest BCUT2D eigenvalue weighted by Gasteiger charge is -2.24. The van der Waals surface area contributed by atoms with E-state index in [0.29, 0.717) is 28.4 Å². The van der Waals surface area contributed by atoms with Crippen LogP contribution in [0.15, 0.2) is 42.6 Å². The lowest BCUT2D eigenvalue weighted by Crippen LogP contribution is -2.36. The molecule has 38 heavy (non-hydrogen) atoms. The lowest BCUT2D eigenvalue weighted by atomic mass is 9.95. The highest BCUT2D eigenvalue weighted by molar-refractivity contribution is 6.31. The number of halogens is 7. The SMILES string of the molecule is Cc1ccc(CC(NC(=O)OC(C)(C)C)c2[nH]ncc2Cc2cc(C(F)(F)F)cc(C(F)(F)F)c2)cc1Cl. The fraction of sp³-hybridized carbons (Fsp3) is 0.385. The number of hydrogen-bond donors (Lipinski definition) is 2. The van der Waals surface area contributed by atoms with E-state index < -0.39 is 41.2 Å². The Kier molecular flexibility index (Phi) is 8.40. The molecule has 1 amide bonds. The van der Waals surface area contributed by atoms with Crippen molar-refractivity contribution < 1.29 is 35.9 Å². The normalized spacial score (nSPS) is 13.3. The second-order valence-electron chi connectivity index (χ2n) is 9.89. The number of aromatic nitrogens is 2. The van der Waals surface area contributed by atoms with Gasteiger partial charge in [0.25, 0.3) is 0 Å². The summed E-state index contributed by atoms with van der Waals surface area (Å²) in [5.41, 5.74) is -1.69. The molecule has 1 unspecified atom stereocenters. The van der Waals surface area contributed by atoms with Crippen LogP contribution in [0, 0.1) is 6.92 Å². The number of nitrogens with one attached hydrogen (secondary N) is 2. The van der Waals surface area contributed by atoms with Crippen LogP contribution in [0.5, 0.6) is 0 Å². The molecule has 2 aromatic carbocycles. The van der Waals surface area contributed by atoms with Crippen LogP contribution in [-0.2, 0) is 29.9 Å². The molecule has 0 spiro atoms. The Morgan fingerprint density at radius 3 is 2.13 bits per heavy atom. The number of benzene rings is 2. The van der Waals surface area contributed by atoms with Gasteiger partial charge in [-0.1, -0.05) is 23.7 Å². The van der Waals surface area contributed by atoms with Gasteiger partial charge in [0, 0.05) is 11.4 Å². The number of rotatable bonds is 6. The second-order valence-corrected chi connectivity index (χ2v) is 10.3. The summed E-state index contributed by atoms with van der Waals surface area (Å²) in [4.78, 5) is 12.6. The molecule has 0 saturated carbocycles. The van der Waals surface area contributed by atoms with Crippen LogP contribution >= 0.6 is 11.6 Å². The third-order valence-corrected chi connectivity index (χ3v) is 5.92. The molecule has 3 rings (SSSR count). The molecule has 206 valence electrons. The van der Waals surface area contributed by atoms with Gasteiger partial charge in [0.05, 0.1) is 29.1 Å². The number of amides is 1. The number of alkyl halides is 6. The minimum absolute atomic E-state index is 0.0772. The highest BCUT2D eigenvalue weighted by atomic mass is 35.5. The summed E-state index contributed by atoms with van der Waals surface area (Å²) in [5, 5.41) is 9.89. The Morgan fingerprint density at radius 1 is 1.00 bits per heavy atom. The van der Waals surface area contributed by atoms with Crippen LogP contribution < -0.4 is 5.32 Å². The van der Waals surface area contributed by atoms with E-state index in [9.17, 15) is 31.1 Å². The zero-order chi connectivity index (χ0) is 28.5. The molecular weight excluding hydrogens is 536 g/mol. The van der Waals surface area contributed by atoms with Crippen molar-refractivity contribution in [2.75, 3.05) is 0 Å². The van der Waals surface area contributed by atoms with Crippen molar-refractivity contribution in [1.82, 2.24) is 15.5 Å². The van der Waals surface area contributed by atoms with Crippen LogP contribution in [0.4, 0.5) is 31.1 Å². The Labute approximate surface area is 220 Å². The van der Waals surface area contributed by atoms with E-state index in [1.165, 1.54) is 6.20 Å². The average Bonchev–Trinajstić information content (AvgIpc) is 3.21. The summed E-state index contributed by atoms with van der Waals surface area (Å²) >= 11 is 6.24. The van der Waals surface area contributed by atoms with Gasteiger partial charge >= 0.3 is 18.4 Å². The highest BCUT2D eigenvalue weighted by Gasteiger charge is 2.37. The summed E-state index contributed by atoms with van der Waals surface area (Å²) in [6, 6.07) is 5.90. The molecule has 1 atom stereocenters. The first-order valence-electron chi connectivity index (χ1n) is 11.5. The summed E-state index contributed by atoms with van der Waals surface area (Å²) in [6.45, 7) is 6.85. The predicted molar refractivity (Wildman–Crippen MR) is 130 cm³/mol. The molecule has 0 saturated heterocycles. The van der Waals surface area contributed by atoms with Crippen molar-refractivity contribution in [2.24, 2.45) is 0 Å². The van der Waals surface area contributed by atoms with E-state index in [2.05, 4.69) is 15.5 Å². The standard InChI is InChI=1S/C26H26ClF6N3O2/c1-14-5-6-15(10-20(14)27)11-21(35-23(37)38-24(2,3)4)22-17(13-34-36-22)7-16-8-18(25(28,29)30)12-19(9-16)26(31,32)33/h5-6,8-10,12-13,21H,7,11H2,1-4H3,(H,34,36)(H,35,37). The highest BCUT2D eigenvalue weighted by Crippen LogP contribution is 2.37. The first kappa shape index (κ1) is 29.3. The Morgan fingerprint density at radius 2 is 1.61 bits per heavy atom. The molecule has 0 aliphatic carbocycles. The molecule has 1 aromatic heterocycles. The number of alkyl carbamates (subject to hydrolysis) is 1. The van der Waals surface area contributed by atoms with Gasteiger partial charge in [-0.15, -0.1) is 0 Å². The third-order valence-electron chi connectivity index (χ3n) is 5.51. The Hall–Kier alpha value is -3.21. The summed E-state index contributed by atoms with van der Waals surface area (Å²) < 4.78 is 85.4. The van der Waals surface area contributed by atoms with Crippen molar-refractivity contribution in [2.45, 2.75) is 64.5 Å². The number of carbonyl (C=O) groups excluding carboxylic acids is 1. The molecule has 3 aromatic rings. The van der Waals surface area contributed by atoms with Crippen LogP contribution in [0.3, 0.4) is 0 Å². The van der Waals surface area contributed by atoms with E-state index in [-0.39, 0.29) is 24.5 Å². The average molecular weight is 562 g/mol. The fourth-order valence-electron chi connectivity index (χ4n) is 3.78. The second kappa shape index (κ2) is 10.9. The smallest absolute Gasteiger partial charge is 0.416 e. The van der Waals surface area contributed by atoms with Gasteiger partial charge in [-0.25, -0.2) is 4.79 Å². The zero-order valence-electron chi connectivity index (χ0n) is 20.9. The molecule has 1 heterocycles. The van der Waals surface area contributed by atoms with Crippen LogP contribution in [0.2, 0.25) is 5.02 Å². The fourth-order valence-corrected chi connectivity index (χ4v) is 3.98. The van der Waals surface area contributed by atoms with E-state index >= 15 is 0 Å². The van der Waals surface area contributed by atoms with Gasteiger partial charge in [-0.05, 0) is 80.6 Å². The molecular formula is C26H26ClF6N3O2. The predicted octanol–water partition coefficient (Wildman–Crippen LogP) is 7.81. The largest absolute Gasteiger partial charge is 0.444 e. The van der Waals surface area contributed by atoms with Crippen molar-refractivity contribution in [1.29, 1.82) is 0 Å².